The normalized spacial score (nSPS) is 17.4. The van der Waals surface area contributed by atoms with Gasteiger partial charge in [0.15, 0.2) is 0 Å². The number of amides is 1. The molecule has 3 N–H and O–H groups in total. The standard InChI is InChI=1S/C12H16N2O/c1-12(6-7-12)14-8-9-4-2-3-5-10(9)11(13)15/h2-5,14H,6-8H2,1H3,(H2,13,15). The van der Waals surface area contributed by atoms with Crippen molar-refractivity contribution in [1.82, 2.24) is 5.32 Å². The first-order valence-electron chi connectivity index (χ1n) is 5.23. The lowest BCUT2D eigenvalue weighted by Crippen LogP contribution is -2.28. The van der Waals surface area contributed by atoms with Gasteiger partial charge in [0, 0.05) is 17.6 Å². The van der Waals surface area contributed by atoms with E-state index in [2.05, 4.69) is 12.2 Å². The fraction of sp³-hybridized carbons (Fsp3) is 0.417. The van der Waals surface area contributed by atoms with Crippen LogP contribution in [0.5, 0.6) is 0 Å². The summed E-state index contributed by atoms with van der Waals surface area (Å²) in [5.74, 6) is -0.353. The highest BCUT2D eigenvalue weighted by Gasteiger charge is 2.36. The van der Waals surface area contributed by atoms with Crippen molar-refractivity contribution in [2.24, 2.45) is 5.73 Å². The molecule has 0 unspecified atom stereocenters. The van der Waals surface area contributed by atoms with Crippen LogP contribution in [0.4, 0.5) is 0 Å². The number of carbonyl (C=O) groups is 1. The molecule has 1 aliphatic carbocycles. The summed E-state index contributed by atoms with van der Waals surface area (Å²) < 4.78 is 0. The van der Waals surface area contributed by atoms with Gasteiger partial charge in [-0.25, -0.2) is 0 Å². The fourth-order valence-corrected chi connectivity index (χ4v) is 1.59. The summed E-state index contributed by atoms with van der Waals surface area (Å²) in [6.45, 7) is 2.91. The largest absolute Gasteiger partial charge is 0.366 e. The van der Waals surface area contributed by atoms with Crippen LogP contribution in [0, 0.1) is 0 Å². The molecule has 1 aromatic carbocycles. The third-order valence-corrected chi connectivity index (χ3v) is 2.99. The number of hydrogen-bond acceptors (Lipinski definition) is 2. The van der Waals surface area contributed by atoms with Gasteiger partial charge in [-0.2, -0.15) is 0 Å². The van der Waals surface area contributed by atoms with Gasteiger partial charge in [0.1, 0.15) is 0 Å². The molecule has 0 bridgehead atoms. The molecule has 1 aromatic rings. The summed E-state index contributed by atoms with van der Waals surface area (Å²) in [4.78, 5) is 11.2. The molecule has 2 rings (SSSR count). The smallest absolute Gasteiger partial charge is 0.249 e. The fourth-order valence-electron chi connectivity index (χ4n) is 1.59. The van der Waals surface area contributed by atoms with Crippen molar-refractivity contribution in [2.45, 2.75) is 31.8 Å². The predicted octanol–water partition coefficient (Wildman–Crippen LogP) is 1.43. The minimum Gasteiger partial charge on any atom is -0.366 e. The molecule has 15 heavy (non-hydrogen) atoms. The molecule has 1 fully saturated rings. The number of nitrogens with one attached hydrogen (secondary N) is 1. The Labute approximate surface area is 89.7 Å². The van der Waals surface area contributed by atoms with Gasteiger partial charge >= 0.3 is 0 Å². The molecule has 0 aliphatic heterocycles. The minimum atomic E-state index is -0.353. The van der Waals surface area contributed by atoms with E-state index in [1.807, 2.05) is 18.2 Å². The van der Waals surface area contributed by atoms with Gasteiger partial charge in [0.2, 0.25) is 5.91 Å². The molecular weight excluding hydrogens is 188 g/mol. The molecule has 1 saturated carbocycles. The number of primary amides is 1. The Morgan fingerprint density at radius 3 is 2.73 bits per heavy atom. The molecule has 0 saturated heterocycles. The SMILES string of the molecule is CC1(NCc2ccccc2C(N)=O)CC1. The zero-order valence-corrected chi connectivity index (χ0v) is 8.92. The lowest BCUT2D eigenvalue weighted by molar-refractivity contribution is 0.0999. The van der Waals surface area contributed by atoms with E-state index in [4.69, 9.17) is 5.73 Å². The highest BCUT2D eigenvalue weighted by molar-refractivity contribution is 5.94. The van der Waals surface area contributed by atoms with Crippen LogP contribution < -0.4 is 11.1 Å². The molecule has 80 valence electrons. The van der Waals surface area contributed by atoms with E-state index in [-0.39, 0.29) is 11.4 Å². The summed E-state index contributed by atoms with van der Waals surface area (Å²) in [7, 11) is 0. The van der Waals surface area contributed by atoms with Crippen molar-refractivity contribution in [3.05, 3.63) is 35.4 Å². The summed E-state index contributed by atoms with van der Waals surface area (Å²) in [5.41, 5.74) is 7.19. The summed E-state index contributed by atoms with van der Waals surface area (Å²) in [6.07, 6.45) is 2.43. The van der Waals surface area contributed by atoms with Crippen LogP contribution in [-0.2, 0) is 6.54 Å². The summed E-state index contributed by atoms with van der Waals surface area (Å²) in [6, 6.07) is 7.48. The highest BCUT2D eigenvalue weighted by Crippen LogP contribution is 2.34. The van der Waals surface area contributed by atoms with Gasteiger partial charge in [-0.05, 0) is 31.4 Å². The Morgan fingerprint density at radius 2 is 2.13 bits per heavy atom. The van der Waals surface area contributed by atoms with Gasteiger partial charge in [-0.15, -0.1) is 0 Å². The Balaban J connectivity index is 2.09. The molecule has 0 aromatic heterocycles. The summed E-state index contributed by atoms with van der Waals surface area (Å²) >= 11 is 0. The average Bonchev–Trinajstić information content (AvgIpc) is 2.95. The second kappa shape index (κ2) is 3.66. The quantitative estimate of drug-likeness (QED) is 0.779. The average molecular weight is 204 g/mol. The molecule has 3 nitrogen and oxygen atoms in total. The topological polar surface area (TPSA) is 55.1 Å². The van der Waals surface area contributed by atoms with Crippen molar-refractivity contribution >= 4 is 5.91 Å². The number of benzene rings is 1. The Kier molecular flexibility index (Phi) is 2.49. The maximum Gasteiger partial charge on any atom is 0.249 e. The van der Waals surface area contributed by atoms with Gasteiger partial charge in [0.05, 0.1) is 0 Å². The van der Waals surface area contributed by atoms with Crippen LogP contribution in [-0.4, -0.2) is 11.4 Å². The molecule has 3 heteroatoms. The van der Waals surface area contributed by atoms with Crippen LogP contribution in [0.1, 0.15) is 35.7 Å². The van der Waals surface area contributed by atoms with E-state index in [1.54, 1.807) is 6.07 Å². The molecule has 0 spiro atoms. The number of rotatable bonds is 4. The summed E-state index contributed by atoms with van der Waals surface area (Å²) in [5, 5.41) is 3.44. The lowest BCUT2D eigenvalue weighted by Gasteiger charge is -2.12. The monoisotopic (exact) mass is 204 g/mol. The van der Waals surface area contributed by atoms with Crippen molar-refractivity contribution in [2.75, 3.05) is 0 Å². The molecule has 0 radical (unpaired) electrons. The Bertz CT molecular complexity index is 383. The van der Waals surface area contributed by atoms with Crippen LogP contribution >= 0.6 is 0 Å². The highest BCUT2D eigenvalue weighted by atomic mass is 16.1. The third kappa shape index (κ3) is 2.36. The first-order chi connectivity index (χ1) is 7.11. The van der Waals surface area contributed by atoms with E-state index in [1.165, 1.54) is 12.8 Å². The first-order valence-corrected chi connectivity index (χ1v) is 5.23. The number of hydrogen-bond donors (Lipinski definition) is 2. The van der Waals surface area contributed by atoms with Gasteiger partial charge in [0.25, 0.3) is 0 Å². The van der Waals surface area contributed by atoms with Crippen LogP contribution in [0.25, 0.3) is 0 Å². The van der Waals surface area contributed by atoms with Crippen molar-refractivity contribution in [3.8, 4) is 0 Å². The Hall–Kier alpha value is -1.35. The van der Waals surface area contributed by atoms with Gasteiger partial charge < -0.3 is 11.1 Å². The van der Waals surface area contributed by atoms with E-state index < -0.39 is 0 Å². The molecule has 1 aliphatic rings. The molecule has 0 heterocycles. The van der Waals surface area contributed by atoms with Crippen LogP contribution in [0.2, 0.25) is 0 Å². The zero-order chi connectivity index (χ0) is 10.9. The van der Waals surface area contributed by atoms with E-state index in [0.717, 1.165) is 12.1 Å². The van der Waals surface area contributed by atoms with E-state index in [0.29, 0.717) is 5.56 Å². The number of nitrogens with two attached hydrogens (primary N) is 1. The van der Waals surface area contributed by atoms with Crippen molar-refractivity contribution in [1.29, 1.82) is 0 Å². The zero-order valence-electron chi connectivity index (χ0n) is 8.92. The predicted molar refractivity (Wildman–Crippen MR) is 59.4 cm³/mol. The molecule has 1 amide bonds. The van der Waals surface area contributed by atoms with E-state index >= 15 is 0 Å². The second-order valence-electron chi connectivity index (χ2n) is 4.44. The van der Waals surface area contributed by atoms with Crippen LogP contribution in [0.3, 0.4) is 0 Å². The number of carbonyl (C=O) groups excluding carboxylic acids is 1. The van der Waals surface area contributed by atoms with Crippen molar-refractivity contribution < 1.29 is 4.79 Å². The van der Waals surface area contributed by atoms with Gasteiger partial charge in [-0.1, -0.05) is 18.2 Å². The first kappa shape index (κ1) is 10.2. The lowest BCUT2D eigenvalue weighted by atomic mass is 10.1. The Morgan fingerprint density at radius 1 is 1.47 bits per heavy atom. The van der Waals surface area contributed by atoms with E-state index in [9.17, 15) is 4.79 Å². The maximum absolute atomic E-state index is 11.2. The van der Waals surface area contributed by atoms with Crippen molar-refractivity contribution in [3.63, 3.8) is 0 Å². The van der Waals surface area contributed by atoms with Gasteiger partial charge in [-0.3, -0.25) is 4.79 Å². The molecular formula is C12H16N2O. The van der Waals surface area contributed by atoms with Crippen LogP contribution in [0.15, 0.2) is 24.3 Å². The second-order valence-corrected chi connectivity index (χ2v) is 4.44. The minimum absolute atomic E-state index is 0.282. The third-order valence-electron chi connectivity index (χ3n) is 2.99. The maximum atomic E-state index is 11.2. The molecule has 0 atom stereocenters.